The Morgan fingerprint density at radius 2 is 2.40 bits per heavy atom. The molecule has 1 N–H and O–H groups in total. The summed E-state index contributed by atoms with van der Waals surface area (Å²) in [6.45, 7) is 2.21. The first kappa shape index (κ1) is 8.85. The van der Waals surface area contributed by atoms with E-state index in [4.69, 9.17) is 0 Å². The Morgan fingerprint density at radius 1 is 1.40 bits per heavy atom. The van der Waals surface area contributed by atoms with Gasteiger partial charge in [-0.05, 0) is 19.4 Å². The van der Waals surface area contributed by atoms with E-state index in [0.29, 0.717) is 5.92 Å². The largest absolute Gasteiger partial charge is 0.316 e. The van der Waals surface area contributed by atoms with Gasteiger partial charge in [0.1, 0.15) is 0 Å². The summed E-state index contributed by atoms with van der Waals surface area (Å²) in [6, 6.07) is 0. The summed E-state index contributed by atoms with van der Waals surface area (Å²) in [6.07, 6.45) is 10.1. The highest BCUT2D eigenvalue weighted by Crippen LogP contribution is 2.23. The van der Waals surface area contributed by atoms with Crippen molar-refractivity contribution in [3.8, 4) is 0 Å². The Balaban J connectivity index is 2.02. The molecule has 1 unspecified atom stereocenters. The summed E-state index contributed by atoms with van der Waals surface area (Å²) < 4.78 is 2.14. The van der Waals surface area contributed by atoms with Crippen LogP contribution in [0.25, 0.3) is 5.65 Å². The van der Waals surface area contributed by atoms with E-state index in [1.165, 1.54) is 18.5 Å². The molecule has 0 amide bonds. The molecule has 2 aromatic heterocycles. The molecule has 1 saturated heterocycles. The number of hydrogen-bond acceptors (Lipinski definition) is 3. The molecule has 1 atom stereocenters. The minimum atomic E-state index is 0.594. The zero-order chi connectivity index (χ0) is 10.1. The molecule has 2 aromatic rings. The predicted octanol–water partition coefficient (Wildman–Crippen LogP) is 1.20. The molecule has 4 heteroatoms. The van der Waals surface area contributed by atoms with Crippen molar-refractivity contribution in [2.24, 2.45) is 0 Å². The maximum atomic E-state index is 4.37. The Morgan fingerprint density at radius 3 is 3.27 bits per heavy atom. The monoisotopic (exact) mass is 202 g/mol. The molecule has 0 saturated carbocycles. The maximum Gasteiger partial charge on any atom is 0.155 e. The van der Waals surface area contributed by atoms with Gasteiger partial charge in [0.05, 0.1) is 6.20 Å². The van der Waals surface area contributed by atoms with Crippen molar-refractivity contribution < 1.29 is 0 Å². The molecule has 4 nitrogen and oxygen atoms in total. The van der Waals surface area contributed by atoms with Crippen LogP contribution in [0.4, 0.5) is 0 Å². The van der Waals surface area contributed by atoms with Gasteiger partial charge >= 0.3 is 0 Å². The molecule has 0 radical (unpaired) electrons. The van der Waals surface area contributed by atoms with Gasteiger partial charge < -0.3 is 9.72 Å². The topological polar surface area (TPSA) is 42.2 Å². The molecular weight excluding hydrogens is 188 g/mol. The van der Waals surface area contributed by atoms with Crippen molar-refractivity contribution >= 4 is 5.65 Å². The standard InChI is InChI=1S/C11H14N4/c1-2-9(6-12-3-1)10-7-14-11-8-13-4-5-15(10)11/h4-5,7-9,12H,1-3,6H2. The number of rotatable bonds is 1. The fourth-order valence-electron chi connectivity index (χ4n) is 2.27. The summed E-state index contributed by atoms with van der Waals surface area (Å²) in [5.41, 5.74) is 2.25. The molecule has 1 aliphatic heterocycles. The van der Waals surface area contributed by atoms with Crippen molar-refractivity contribution in [3.05, 3.63) is 30.5 Å². The Hall–Kier alpha value is -1.42. The van der Waals surface area contributed by atoms with Gasteiger partial charge in [0.15, 0.2) is 5.65 Å². The van der Waals surface area contributed by atoms with Crippen LogP contribution >= 0.6 is 0 Å². The molecule has 0 bridgehead atoms. The quantitative estimate of drug-likeness (QED) is 0.755. The molecule has 15 heavy (non-hydrogen) atoms. The third-order valence-corrected chi connectivity index (χ3v) is 3.06. The molecule has 78 valence electrons. The highest BCUT2D eigenvalue weighted by atomic mass is 15.0. The lowest BCUT2D eigenvalue weighted by atomic mass is 9.97. The van der Waals surface area contributed by atoms with Crippen LogP contribution in [0.5, 0.6) is 0 Å². The number of nitrogens with one attached hydrogen (secondary N) is 1. The number of imidazole rings is 1. The lowest BCUT2D eigenvalue weighted by Gasteiger charge is -2.22. The van der Waals surface area contributed by atoms with Crippen molar-refractivity contribution in [2.75, 3.05) is 13.1 Å². The van der Waals surface area contributed by atoms with Crippen molar-refractivity contribution in [3.63, 3.8) is 0 Å². The van der Waals surface area contributed by atoms with Gasteiger partial charge in [-0.2, -0.15) is 0 Å². The SMILES string of the molecule is c1cn2c(C3CCCNC3)cnc2cn1. The molecule has 0 aromatic carbocycles. The lowest BCUT2D eigenvalue weighted by Crippen LogP contribution is -2.28. The van der Waals surface area contributed by atoms with Crippen LogP contribution in [-0.2, 0) is 0 Å². The summed E-state index contributed by atoms with van der Waals surface area (Å²) in [7, 11) is 0. The van der Waals surface area contributed by atoms with E-state index in [1.807, 2.05) is 18.6 Å². The van der Waals surface area contributed by atoms with Gasteiger partial charge in [-0.1, -0.05) is 0 Å². The zero-order valence-corrected chi connectivity index (χ0v) is 8.56. The second-order valence-electron chi connectivity index (χ2n) is 4.03. The average Bonchev–Trinajstić information content (AvgIpc) is 2.74. The van der Waals surface area contributed by atoms with Gasteiger partial charge in [0, 0.05) is 36.7 Å². The van der Waals surface area contributed by atoms with E-state index in [1.54, 1.807) is 6.20 Å². The van der Waals surface area contributed by atoms with Gasteiger partial charge in [-0.3, -0.25) is 4.98 Å². The van der Waals surface area contributed by atoms with Crippen LogP contribution in [0.3, 0.4) is 0 Å². The van der Waals surface area contributed by atoms with E-state index in [-0.39, 0.29) is 0 Å². The second kappa shape index (κ2) is 3.62. The summed E-state index contributed by atoms with van der Waals surface area (Å²) >= 11 is 0. The molecular formula is C11H14N4. The Bertz CT molecular complexity index is 456. The van der Waals surface area contributed by atoms with Crippen LogP contribution in [0, 0.1) is 0 Å². The van der Waals surface area contributed by atoms with E-state index in [2.05, 4.69) is 19.7 Å². The highest BCUT2D eigenvalue weighted by Gasteiger charge is 2.18. The minimum Gasteiger partial charge on any atom is -0.316 e. The lowest BCUT2D eigenvalue weighted by molar-refractivity contribution is 0.453. The third-order valence-electron chi connectivity index (χ3n) is 3.06. The van der Waals surface area contributed by atoms with Crippen molar-refractivity contribution in [1.29, 1.82) is 0 Å². The van der Waals surface area contributed by atoms with E-state index in [9.17, 15) is 0 Å². The van der Waals surface area contributed by atoms with Gasteiger partial charge in [0.25, 0.3) is 0 Å². The number of piperidine rings is 1. The van der Waals surface area contributed by atoms with E-state index < -0.39 is 0 Å². The molecule has 1 fully saturated rings. The fraction of sp³-hybridized carbons (Fsp3) is 0.455. The van der Waals surface area contributed by atoms with E-state index in [0.717, 1.165) is 18.7 Å². The number of fused-ring (bicyclic) bond motifs is 1. The molecule has 3 heterocycles. The average molecular weight is 202 g/mol. The van der Waals surface area contributed by atoms with Gasteiger partial charge in [-0.15, -0.1) is 0 Å². The maximum absolute atomic E-state index is 4.37. The fourth-order valence-corrected chi connectivity index (χ4v) is 2.27. The Labute approximate surface area is 88.4 Å². The van der Waals surface area contributed by atoms with Crippen molar-refractivity contribution in [1.82, 2.24) is 19.7 Å². The Kier molecular flexibility index (Phi) is 2.14. The highest BCUT2D eigenvalue weighted by molar-refractivity contribution is 5.38. The van der Waals surface area contributed by atoms with Crippen LogP contribution in [0.1, 0.15) is 24.5 Å². The smallest absolute Gasteiger partial charge is 0.155 e. The van der Waals surface area contributed by atoms with Gasteiger partial charge in [-0.25, -0.2) is 4.98 Å². The van der Waals surface area contributed by atoms with Crippen LogP contribution in [0.15, 0.2) is 24.8 Å². The number of aromatic nitrogens is 3. The molecule has 0 spiro atoms. The van der Waals surface area contributed by atoms with E-state index >= 15 is 0 Å². The zero-order valence-electron chi connectivity index (χ0n) is 8.56. The first-order chi connectivity index (χ1) is 7.45. The van der Waals surface area contributed by atoms with Crippen LogP contribution in [-0.4, -0.2) is 27.5 Å². The first-order valence-corrected chi connectivity index (χ1v) is 5.43. The molecule has 3 rings (SSSR count). The normalized spacial score (nSPS) is 22.0. The summed E-state index contributed by atoms with van der Waals surface area (Å²) in [5.74, 6) is 0.594. The summed E-state index contributed by atoms with van der Waals surface area (Å²) in [4.78, 5) is 8.44. The predicted molar refractivity (Wildman–Crippen MR) is 57.8 cm³/mol. The second-order valence-corrected chi connectivity index (χ2v) is 4.03. The minimum absolute atomic E-state index is 0.594. The molecule has 1 aliphatic rings. The number of nitrogens with zero attached hydrogens (tertiary/aromatic N) is 3. The van der Waals surface area contributed by atoms with Gasteiger partial charge in [0.2, 0.25) is 0 Å². The summed E-state index contributed by atoms with van der Waals surface area (Å²) in [5, 5.41) is 3.43. The number of hydrogen-bond donors (Lipinski definition) is 1. The molecule has 0 aliphatic carbocycles. The van der Waals surface area contributed by atoms with Crippen LogP contribution in [0.2, 0.25) is 0 Å². The third kappa shape index (κ3) is 1.51. The first-order valence-electron chi connectivity index (χ1n) is 5.43. The van der Waals surface area contributed by atoms with Crippen molar-refractivity contribution in [2.45, 2.75) is 18.8 Å². The van der Waals surface area contributed by atoms with Crippen LogP contribution < -0.4 is 5.32 Å².